The molecule has 3 aromatic carbocycles. The van der Waals surface area contributed by atoms with Crippen LogP contribution in [0.15, 0.2) is 42.5 Å². The zero-order valence-corrected chi connectivity index (χ0v) is 21.1. The molecule has 0 radical (unpaired) electrons. The minimum Gasteiger partial charge on any atom is -0.429 e. The molecule has 0 unspecified atom stereocenters. The topological polar surface area (TPSA) is 27.7 Å². The SMILES string of the molecule is CC1(C)OB(c2cc(F)c(C(F)(F)Oc3ccc(-c4cc(F)c(C(F)(F)F)c(F)c4)c(F)c3)c(F)c2)OC1(C)C. The molecule has 0 aliphatic carbocycles. The predicted molar refractivity (Wildman–Crippen MR) is 123 cm³/mol. The van der Waals surface area contributed by atoms with Gasteiger partial charge in [0.05, 0.1) is 11.2 Å². The highest BCUT2D eigenvalue weighted by Crippen LogP contribution is 2.40. The molecular weight excluding hydrogens is 561 g/mol. The van der Waals surface area contributed by atoms with Gasteiger partial charge < -0.3 is 14.0 Å². The zero-order valence-electron chi connectivity index (χ0n) is 21.1. The van der Waals surface area contributed by atoms with Gasteiger partial charge in [-0.3, -0.25) is 0 Å². The first kappa shape index (κ1) is 29.7. The lowest BCUT2D eigenvalue weighted by Crippen LogP contribution is -2.41. The summed E-state index contributed by atoms with van der Waals surface area (Å²) >= 11 is 0. The molecule has 3 aromatic rings. The standard InChI is InChI=1S/C26H19BF10O3/c1-23(2)24(3,4)40-27(39-23)13-9-19(31)22(20(32)10-13)26(36,37)38-14-5-6-15(16(28)11-14)12-7-17(29)21(18(30)8-12)25(33,34)35/h5-11H,1-4H3. The van der Waals surface area contributed by atoms with E-state index in [4.69, 9.17) is 9.31 Å². The van der Waals surface area contributed by atoms with Crippen LogP contribution in [0.5, 0.6) is 5.75 Å². The Labute approximate surface area is 221 Å². The molecule has 0 atom stereocenters. The average molecular weight is 580 g/mol. The summed E-state index contributed by atoms with van der Waals surface area (Å²) < 4.78 is 156. The van der Waals surface area contributed by atoms with Crippen molar-refractivity contribution in [1.82, 2.24) is 0 Å². The van der Waals surface area contributed by atoms with Crippen LogP contribution in [0.1, 0.15) is 38.8 Å². The first-order valence-corrected chi connectivity index (χ1v) is 11.5. The van der Waals surface area contributed by atoms with Crippen molar-refractivity contribution < 1.29 is 57.9 Å². The monoisotopic (exact) mass is 580 g/mol. The lowest BCUT2D eigenvalue weighted by atomic mass is 9.78. The Morgan fingerprint density at radius 2 is 1.12 bits per heavy atom. The summed E-state index contributed by atoms with van der Waals surface area (Å²) in [5.74, 6) is -9.87. The minimum absolute atomic E-state index is 0.214. The van der Waals surface area contributed by atoms with Crippen molar-refractivity contribution >= 4 is 12.6 Å². The molecule has 1 heterocycles. The normalized spacial score (nSPS) is 16.9. The van der Waals surface area contributed by atoms with Crippen LogP contribution < -0.4 is 10.2 Å². The van der Waals surface area contributed by atoms with Crippen LogP contribution in [-0.2, 0) is 21.6 Å². The summed E-state index contributed by atoms with van der Waals surface area (Å²) in [7, 11) is -1.26. The molecule has 1 aliphatic rings. The van der Waals surface area contributed by atoms with Gasteiger partial charge >= 0.3 is 19.4 Å². The van der Waals surface area contributed by atoms with Crippen molar-refractivity contribution in [1.29, 1.82) is 0 Å². The Morgan fingerprint density at radius 3 is 1.57 bits per heavy atom. The maximum Gasteiger partial charge on any atom is 0.495 e. The van der Waals surface area contributed by atoms with Crippen molar-refractivity contribution in [2.24, 2.45) is 0 Å². The van der Waals surface area contributed by atoms with Crippen molar-refractivity contribution in [2.75, 3.05) is 0 Å². The van der Waals surface area contributed by atoms with Gasteiger partial charge in [0.15, 0.2) is 0 Å². The van der Waals surface area contributed by atoms with Crippen LogP contribution in [0.3, 0.4) is 0 Å². The Balaban J connectivity index is 1.61. The molecule has 40 heavy (non-hydrogen) atoms. The number of benzene rings is 3. The summed E-state index contributed by atoms with van der Waals surface area (Å²) in [6, 6.07) is 3.26. The van der Waals surface area contributed by atoms with Crippen molar-refractivity contribution in [3.63, 3.8) is 0 Å². The highest BCUT2D eigenvalue weighted by atomic mass is 19.4. The number of hydrogen-bond acceptors (Lipinski definition) is 3. The first-order chi connectivity index (χ1) is 18.2. The number of halogens is 10. The fourth-order valence-corrected chi connectivity index (χ4v) is 3.98. The maximum absolute atomic E-state index is 14.8. The van der Waals surface area contributed by atoms with Gasteiger partial charge in [-0.15, -0.1) is 0 Å². The van der Waals surface area contributed by atoms with E-state index in [2.05, 4.69) is 4.74 Å². The number of ether oxygens (including phenoxy) is 1. The van der Waals surface area contributed by atoms with Gasteiger partial charge in [0.25, 0.3) is 0 Å². The Morgan fingerprint density at radius 1 is 0.650 bits per heavy atom. The molecule has 0 bridgehead atoms. The highest BCUT2D eigenvalue weighted by molar-refractivity contribution is 6.62. The molecule has 1 aliphatic heterocycles. The lowest BCUT2D eigenvalue weighted by molar-refractivity contribution is -0.189. The predicted octanol–water partition coefficient (Wildman–Crippen LogP) is 7.50. The molecule has 3 nitrogen and oxygen atoms in total. The molecule has 1 saturated heterocycles. The van der Waals surface area contributed by atoms with E-state index in [1.165, 1.54) is 0 Å². The summed E-state index contributed by atoms with van der Waals surface area (Å²) in [5, 5.41) is 0. The minimum atomic E-state index is -5.36. The summed E-state index contributed by atoms with van der Waals surface area (Å²) in [6.07, 6.45) is -10.0. The Hall–Kier alpha value is -3.26. The third kappa shape index (κ3) is 5.38. The van der Waals surface area contributed by atoms with Crippen LogP contribution in [0.2, 0.25) is 0 Å². The van der Waals surface area contributed by atoms with Crippen LogP contribution in [-0.4, -0.2) is 18.3 Å². The van der Waals surface area contributed by atoms with Gasteiger partial charge in [0, 0.05) is 11.6 Å². The highest BCUT2D eigenvalue weighted by Gasteiger charge is 2.52. The van der Waals surface area contributed by atoms with Crippen molar-refractivity contribution in [2.45, 2.75) is 51.2 Å². The van der Waals surface area contributed by atoms with E-state index in [0.717, 1.165) is 0 Å². The molecule has 4 rings (SSSR count). The first-order valence-electron chi connectivity index (χ1n) is 11.5. The van der Waals surface area contributed by atoms with Crippen molar-refractivity contribution in [3.8, 4) is 16.9 Å². The largest absolute Gasteiger partial charge is 0.495 e. The molecule has 0 spiro atoms. The summed E-state index contributed by atoms with van der Waals surface area (Å²) in [6.45, 7) is 6.69. The smallest absolute Gasteiger partial charge is 0.429 e. The van der Waals surface area contributed by atoms with Crippen LogP contribution in [0.25, 0.3) is 11.1 Å². The Kier molecular flexibility index (Phi) is 7.20. The summed E-state index contributed by atoms with van der Waals surface area (Å²) in [4.78, 5) is 0. The fourth-order valence-electron chi connectivity index (χ4n) is 3.98. The van der Waals surface area contributed by atoms with Crippen molar-refractivity contribution in [3.05, 3.63) is 82.7 Å². The van der Waals surface area contributed by atoms with Gasteiger partial charge in [-0.05, 0) is 75.1 Å². The quantitative estimate of drug-likeness (QED) is 0.231. The van der Waals surface area contributed by atoms with Crippen LogP contribution in [0.4, 0.5) is 43.9 Å². The van der Waals surface area contributed by atoms with E-state index >= 15 is 0 Å². The number of rotatable bonds is 5. The molecule has 1 fully saturated rings. The third-order valence-electron chi connectivity index (χ3n) is 6.70. The van der Waals surface area contributed by atoms with Crippen LogP contribution >= 0.6 is 0 Å². The van der Waals surface area contributed by atoms with E-state index < -0.39 is 87.7 Å². The molecule has 0 amide bonds. The van der Waals surface area contributed by atoms with Gasteiger partial charge in [-0.25, -0.2) is 22.0 Å². The second-order valence-corrected chi connectivity index (χ2v) is 10.0. The average Bonchev–Trinajstić information content (AvgIpc) is 2.98. The second-order valence-electron chi connectivity index (χ2n) is 10.0. The Bertz CT molecular complexity index is 1410. The van der Waals surface area contributed by atoms with Gasteiger partial charge in [-0.1, -0.05) is 0 Å². The number of hydrogen-bond donors (Lipinski definition) is 0. The lowest BCUT2D eigenvalue weighted by Gasteiger charge is -2.32. The molecule has 0 saturated carbocycles. The van der Waals surface area contributed by atoms with Gasteiger partial charge in [0.2, 0.25) is 0 Å². The van der Waals surface area contributed by atoms with E-state index in [1.807, 2.05) is 0 Å². The fraction of sp³-hybridized carbons (Fsp3) is 0.308. The maximum atomic E-state index is 14.8. The van der Waals surface area contributed by atoms with Crippen LogP contribution in [0, 0.1) is 29.1 Å². The van der Waals surface area contributed by atoms with E-state index in [-0.39, 0.29) is 17.6 Å². The molecule has 14 heteroatoms. The third-order valence-corrected chi connectivity index (χ3v) is 6.70. The molecular formula is C26H19BF10O3. The van der Waals surface area contributed by atoms with Gasteiger partial charge in [0.1, 0.15) is 46.0 Å². The second kappa shape index (κ2) is 9.69. The molecule has 0 N–H and O–H groups in total. The van der Waals surface area contributed by atoms with E-state index in [0.29, 0.717) is 30.3 Å². The van der Waals surface area contributed by atoms with E-state index in [9.17, 15) is 43.9 Å². The summed E-state index contributed by atoms with van der Waals surface area (Å²) in [5.41, 5.74) is -7.32. The zero-order chi connectivity index (χ0) is 30.0. The van der Waals surface area contributed by atoms with E-state index in [1.54, 1.807) is 27.7 Å². The molecule has 0 aromatic heterocycles. The number of alkyl halides is 5. The molecule has 214 valence electrons. The van der Waals surface area contributed by atoms with Gasteiger partial charge in [-0.2, -0.15) is 22.0 Å².